The van der Waals surface area contributed by atoms with E-state index in [0.29, 0.717) is 0 Å². The zero-order chi connectivity index (χ0) is 18.6. The minimum Gasteiger partial charge on any atom is -1.00 e. The van der Waals surface area contributed by atoms with Gasteiger partial charge < -0.3 is 56.9 Å². The molecule has 0 radical (unpaired) electrons. The Kier molecular flexibility index (Phi) is 21.3. The molecule has 0 aliphatic carbocycles. The van der Waals surface area contributed by atoms with Crippen LogP contribution in [0.2, 0.25) is 0 Å². The first kappa shape index (κ1) is 32.1. The van der Waals surface area contributed by atoms with Gasteiger partial charge in [0.2, 0.25) is 0 Å². The quantitative estimate of drug-likeness (QED) is 0.137. The third-order valence-electron chi connectivity index (χ3n) is 6.09. The number of hydrogen-bond donors (Lipinski definition) is 0. The monoisotopic (exact) mass is 596 g/mol. The molecule has 0 amide bonds. The van der Waals surface area contributed by atoms with Gasteiger partial charge in [0.15, 0.2) is 0 Å². The Bertz CT molecular complexity index is 269. The van der Waals surface area contributed by atoms with Crippen LogP contribution in [0, 0.1) is 11.8 Å². The summed E-state index contributed by atoms with van der Waals surface area (Å²) in [6, 6.07) is 0. The van der Waals surface area contributed by atoms with Gasteiger partial charge in [0.05, 0.1) is 54.4 Å². The summed E-state index contributed by atoms with van der Waals surface area (Å²) in [5, 5.41) is 0. The summed E-state index contributed by atoms with van der Waals surface area (Å²) in [7, 11) is 9.70. The van der Waals surface area contributed by atoms with E-state index in [1.54, 1.807) is 0 Å². The first-order valence-corrected chi connectivity index (χ1v) is 10.8. The summed E-state index contributed by atoms with van der Waals surface area (Å²) >= 11 is 0. The van der Waals surface area contributed by atoms with Crippen LogP contribution in [0.15, 0.2) is 0 Å². The fourth-order valence-corrected chi connectivity index (χ4v) is 4.11. The van der Waals surface area contributed by atoms with Gasteiger partial charge in [-0.3, -0.25) is 0 Å². The average Bonchev–Trinajstić information content (AvgIpc) is 2.53. The highest BCUT2D eigenvalue weighted by atomic mass is 127. The van der Waals surface area contributed by atoms with E-state index in [0.717, 1.165) is 11.8 Å². The van der Waals surface area contributed by atoms with E-state index in [2.05, 4.69) is 55.9 Å². The molecule has 0 N–H and O–H groups in total. The largest absolute Gasteiger partial charge is 1.00 e. The highest BCUT2D eigenvalue weighted by Crippen LogP contribution is 2.16. The number of quaternary nitrogens is 2. The Morgan fingerprint density at radius 2 is 0.769 bits per heavy atom. The van der Waals surface area contributed by atoms with Crippen LogP contribution in [-0.4, -0.2) is 63.3 Å². The van der Waals surface area contributed by atoms with Crippen molar-refractivity contribution in [3.8, 4) is 0 Å². The Hall–Kier alpha value is 1.38. The Morgan fingerprint density at radius 1 is 0.500 bits per heavy atom. The van der Waals surface area contributed by atoms with E-state index < -0.39 is 0 Å². The van der Waals surface area contributed by atoms with Crippen LogP contribution in [0.4, 0.5) is 0 Å². The van der Waals surface area contributed by atoms with Crippen molar-refractivity contribution in [3.05, 3.63) is 0 Å². The third kappa shape index (κ3) is 16.3. The van der Waals surface area contributed by atoms with Gasteiger partial charge in [-0.25, -0.2) is 0 Å². The van der Waals surface area contributed by atoms with Crippen molar-refractivity contribution in [1.82, 2.24) is 0 Å². The van der Waals surface area contributed by atoms with Crippen LogP contribution >= 0.6 is 0 Å². The lowest BCUT2D eigenvalue weighted by Gasteiger charge is -2.34. The number of rotatable bonds is 15. The number of hydrogen-bond acceptors (Lipinski definition) is 0. The molecule has 0 unspecified atom stereocenters. The molecule has 0 aliphatic heterocycles. The summed E-state index contributed by atoms with van der Waals surface area (Å²) in [6.45, 7) is 14.8. The molecule has 0 fully saturated rings. The second-order valence-electron chi connectivity index (χ2n) is 9.46. The lowest BCUT2D eigenvalue weighted by Crippen LogP contribution is -3.00. The molecule has 4 heteroatoms. The molecule has 0 rings (SSSR count). The molecule has 0 aromatic carbocycles. The lowest BCUT2D eigenvalue weighted by atomic mass is 10.0. The van der Waals surface area contributed by atoms with Crippen LogP contribution in [-0.2, 0) is 0 Å². The van der Waals surface area contributed by atoms with E-state index >= 15 is 0 Å². The van der Waals surface area contributed by atoms with E-state index in [9.17, 15) is 0 Å². The Morgan fingerprint density at radius 3 is 1.00 bits per heavy atom. The second-order valence-corrected chi connectivity index (χ2v) is 9.46. The lowest BCUT2D eigenvalue weighted by molar-refractivity contribution is -0.894. The molecule has 2 nitrogen and oxygen atoms in total. The predicted octanol–water partition coefficient (Wildman–Crippen LogP) is -0.420. The first-order chi connectivity index (χ1) is 11.2. The van der Waals surface area contributed by atoms with Crippen LogP contribution in [0.3, 0.4) is 0 Å². The molecule has 0 aromatic heterocycles. The van der Waals surface area contributed by atoms with Crippen molar-refractivity contribution in [2.24, 2.45) is 11.8 Å². The Labute approximate surface area is 201 Å². The van der Waals surface area contributed by atoms with E-state index in [1.807, 2.05) is 0 Å². The molecule has 0 saturated heterocycles. The summed E-state index contributed by atoms with van der Waals surface area (Å²) < 4.78 is 2.42. The van der Waals surface area contributed by atoms with Crippen LogP contribution in [0.1, 0.15) is 79.1 Å². The third-order valence-corrected chi connectivity index (χ3v) is 6.09. The molecule has 162 valence electrons. The molecule has 0 spiro atoms. The highest BCUT2D eigenvalue weighted by Gasteiger charge is 2.21. The Balaban J connectivity index is -0.00000264. The summed E-state index contributed by atoms with van der Waals surface area (Å²) in [5.41, 5.74) is 0. The van der Waals surface area contributed by atoms with Gasteiger partial charge in [-0.2, -0.15) is 0 Å². The van der Waals surface area contributed by atoms with Gasteiger partial charge >= 0.3 is 0 Å². The maximum Gasteiger partial charge on any atom is 0.0810 e. The molecule has 0 heterocycles. The number of unbranched alkanes of at least 4 members (excludes halogenated alkanes) is 3. The van der Waals surface area contributed by atoms with Crippen molar-refractivity contribution >= 4 is 0 Å². The molecule has 0 aromatic rings. The summed E-state index contributed by atoms with van der Waals surface area (Å²) in [4.78, 5) is 0. The standard InChI is InChI=1S/C22H50N2.2HI/c1-9-21(10-2)19-23(5,6)17-15-13-14-16-18-24(7,8)20-22(11-3)12-4;;/h21-22H,9-20H2,1-8H3;2*1H/q+2;;/p-2. The normalized spacial score (nSPS) is 12.2. The van der Waals surface area contributed by atoms with Crippen molar-refractivity contribution < 1.29 is 56.9 Å². The predicted molar refractivity (Wildman–Crippen MR) is 110 cm³/mol. The highest BCUT2D eigenvalue weighted by molar-refractivity contribution is 4.55. The van der Waals surface area contributed by atoms with Crippen molar-refractivity contribution in [2.45, 2.75) is 79.1 Å². The van der Waals surface area contributed by atoms with Crippen molar-refractivity contribution in [2.75, 3.05) is 54.4 Å². The number of halogens is 2. The molecule has 0 saturated carbocycles. The van der Waals surface area contributed by atoms with Gasteiger partial charge in [0, 0.05) is 11.8 Å². The maximum atomic E-state index is 2.42. The van der Waals surface area contributed by atoms with E-state index in [-0.39, 0.29) is 48.0 Å². The molecule has 0 bridgehead atoms. The smallest absolute Gasteiger partial charge is 0.0810 e. The molecular weight excluding hydrogens is 546 g/mol. The molecule has 0 aliphatic rings. The van der Waals surface area contributed by atoms with Gasteiger partial charge in [-0.1, -0.05) is 27.7 Å². The zero-order valence-electron chi connectivity index (χ0n) is 19.3. The van der Waals surface area contributed by atoms with Gasteiger partial charge in [-0.15, -0.1) is 0 Å². The van der Waals surface area contributed by atoms with Crippen molar-refractivity contribution in [3.63, 3.8) is 0 Å². The first-order valence-electron chi connectivity index (χ1n) is 10.8. The molecule has 26 heavy (non-hydrogen) atoms. The fraction of sp³-hybridized carbons (Fsp3) is 1.00. The van der Waals surface area contributed by atoms with Crippen molar-refractivity contribution in [1.29, 1.82) is 0 Å². The van der Waals surface area contributed by atoms with E-state index in [1.165, 1.54) is 86.5 Å². The van der Waals surface area contributed by atoms with Crippen LogP contribution in [0.5, 0.6) is 0 Å². The topological polar surface area (TPSA) is 0 Å². The van der Waals surface area contributed by atoms with Gasteiger partial charge in [-0.05, 0) is 51.4 Å². The maximum absolute atomic E-state index is 2.42. The molecule has 0 atom stereocenters. The van der Waals surface area contributed by atoms with E-state index in [4.69, 9.17) is 0 Å². The minimum absolute atomic E-state index is 0. The average molecular weight is 596 g/mol. The zero-order valence-corrected chi connectivity index (χ0v) is 23.6. The SMILES string of the molecule is CCC(CC)C[N+](C)(C)CCCCCC[N+](C)(C)CC(CC)CC.[I-].[I-]. The van der Waals surface area contributed by atoms with Gasteiger partial charge in [0.1, 0.15) is 0 Å². The fourth-order valence-electron chi connectivity index (χ4n) is 4.11. The summed E-state index contributed by atoms with van der Waals surface area (Å²) in [5.74, 6) is 1.81. The second kappa shape index (κ2) is 17.3. The van der Waals surface area contributed by atoms with Gasteiger partial charge in [0.25, 0.3) is 0 Å². The minimum atomic E-state index is 0. The molecular formula is C22H50I2N2. The van der Waals surface area contributed by atoms with Crippen LogP contribution < -0.4 is 48.0 Å². The number of nitrogens with zero attached hydrogens (tertiary/aromatic N) is 2. The summed E-state index contributed by atoms with van der Waals surface area (Å²) in [6.07, 6.45) is 11.0. The van der Waals surface area contributed by atoms with Crippen LogP contribution in [0.25, 0.3) is 0 Å².